The standard InChI is InChI=1S/C27H23N3O4/c31-26(32)24-15-28-25(29-24)23(14-17-8-2-1-3-9-17)30-27(33)34-16-22-20-12-6-4-10-18(20)19-11-5-7-13-21(19)22/h1-13,15,22-23H,14,16H2,(H,28,29)(H,30,33)(H,31,32)/t23-/m0/s1. The smallest absolute Gasteiger partial charge is 0.407 e. The number of carboxylic acids is 1. The van der Waals surface area contributed by atoms with Gasteiger partial charge in [0.15, 0.2) is 0 Å². The molecule has 0 saturated carbocycles. The summed E-state index contributed by atoms with van der Waals surface area (Å²) in [6.07, 6.45) is 1.09. The molecule has 7 heteroatoms. The number of H-pyrrole nitrogens is 1. The van der Waals surface area contributed by atoms with E-state index in [-0.39, 0.29) is 18.2 Å². The molecule has 1 amide bonds. The number of imidazole rings is 1. The number of amides is 1. The van der Waals surface area contributed by atoms with Gasteiger partial charge in [0.25, 0.3) is 0 Å². The van der Waals surface area contributed by atoms with Crippen LogP contribution in [0, 0.1) is 0 Å². The Morgan fingerprint density at radius 3 is 2.18 bits per heavy atom. The number of nitrogens with zero attached hydrogens (tertiary/aromatic N) is 1. The molecule has 1 aliphatic carbocycles. The van der Waals surface area contributed by atoms with Crippen LogP contribution in [0.15, 0.2) is 85.1 Å². The summed E-state index contributed by atoms with van der Waals surface area (Å²) in [4.78, 5) is 31.1. The van der Waals surface area contributed by atoms with E-state index >= 15 is 0 Å². The number of aromatic amines is 1. The Morgan fingerprint density at radius 2 is 1.56 bits per heavy atom. The lowest BCUT2D eigenvalue weighted by molar-refractivity contribution is 0.0691. The number of rotatable bonds is 7. The van der Waals surface area contributed by atoms with E-state index in [0.29, 0.717) is 12.2 Å². The first-order valence-electron chi connectivity index (χ1n) is 11.0. The van der Waals surface area contributed by atoms with Crippen molar-refractivity contribution in [2.24, 2.45) is 0 Å². The first-order chi connectivity index (χ1) is 16.6. The predicted molar refractivity (Wildman–Crippen MR) is 127 cm³/mol. The number of hydrogen-bond donors (Lipinski definition) is 3. The van der Waals surface area contributed by atoms with Gasteiger partial charge < -0.3 is 20.1 Å². The van der Waals surface area contributed by atoms with Crippen LogP contribution in [0.4, 0.5) is 4.79 Å². The van der Waals surface area contributed by atoms with E-state index in [4.69, 9.17) is 4.74 Å². The Hall–Kier alpha value is -4.39. The molecule has 4 aromatic rings. The molecule has 5 rings (SSSR count). The van der Waals surface area contributed by atoms with Crippen molar-refractivity contribution in [3.63, 3.8) is 0 Å². The average Bonchev–Trinajstić information content (AvgIpc) is 3.47. The number of nitrogens with one attached hydrogen (secondary N) is 2. The summed E-state index contributed by atoms with van der Waals surface area (Å²) in [5.74, 6) is -0.805. The number of ether oxygens (including phenoxy) is 1. The lowest BCUT2D eigenvalue weighted by Crippen LogP contribution is -2.32. The topological polar surface area (TPSA) is 104 Å². The number of carbonyl (C=O) groups excluding carboxylic acids is 1. The second-order valence-electron chi connectivity index (χ2n) is 8.20. The number of aromatic carboxylic acids is 1. The van der Waals surface area contributed by atoms with E-state index in [0.717, 1.165) is 27.8 Å². The molecule has 1 aliphatic rings. The molecule has 1 atom stereocenters. The van der Waals surface area contributed by atoms with Crippen LogP contribution in [0.3, 0.4) is 0 Å². The van der Waals surface area contributed by atoms with Crippen molar-refractivity contribution in [3.8, 4) is 11.1 Å². The minimum atomic E-state index is -1.11. The van der Waals surface area contributed by atoms with Gasteiger partial charge >= 0.3 is 12.1 Å². The van der Waals surface area contributed by atoms with Crippen molar-refractivity contribution in [3.05, 3.63) is 113 Å². The van der Waals surface area contributed by atoms with Crippen LogP contribution >= 0.6 is 0 Å². The fraction of sp³-hybridized carbons (Fsp3) is 0.148. The van der Waals surface area contributed by atoms with Crippen LogP contribution in [-0.2, 0) is 11.2 Å². The van der Waals surface area contributed by atoms with Crippen molar-refractivity contribution >= 4 is 12.1 Å². The zero-order valence-electron chi connectivity index (χ0n) is 18.3. The molecular formula is C27H23N3O4. The van der Waals surface area contributed by atoms with Crippen LogP contribution in [0.1, 0.15) is 45.0 Å². The number of carbonyl (C=O) groups is 2. The first kappa shape index (κ1) is 21.5. The molecule has 7 nitrogen and oxygen atoms in total. The van der Waals surface area contributed by atoms with Crippen molar-refractivity contribution in [1.29, 1.82) is 0 Å². The minimum absolute atomic E-state index is 0.0394. The summed E-state index contributed by atoms with van der Waals surface area (Å²) < 4.78 is 5.68. The van der Waals surface area contributed by atoms with Crippen LogP contribution < -0.4 is 5.32 Å². The van der Waals surface area contributed by atoms with Gasteiger partial charge in [0.1, 0.15) is 18.1 Å². The van der Waals surface area contributed by atoms with E-state index in [9.17, 15) is 14.7 Å². The second kappa shape index (κ2) is 9.23. The molecule has 1 aromatic heterocycles. The molecule has 0 aliphatic heterocycles. The lowest BCUT2D eigenvalue weighted by Gasteiger charge is -2.19. The Kier molecular flexibility index (Phi) is 5.82. The number of carboxylic acid groups (broad SMARTS) is 1. The number of alkyl carbamates (subject to hydrolysis) is 1. The highest BCUT2D eigenvalue weighted by Gasteiger charge is 2.29. The van der Waals surface area contributed by atoms with Crippen LogP contribution in [-0.4, -0.2) is 33.7 Å². The summed E-state index contributed by atoms with van der Waals surface area (Å²) in [5.41, 5.74) is 5.52. The molecule has 3 aromatic carbocycles. The largest absolute Gasteiger partial charge is 0.477 e. The second-order valence-corrected chi connectivity index (χ2v) is 8.20. The number of benzene rings is 3. The van der Waals surface area contributed by atoms with E-state index in [1.54, 1.807) is 0 Å². The molecular weight excluding hydrogens is 430 g/mol. The Labute approximate surface area is 196 Å². The van der Waals surface area contributed by atoms with E-state index in [2.05, 4.69) is 39.6 Å². The number of hydrogen-bond acceptors (Lipinski definition) is 4. The summed E-state index contributed by atoms with van der Waals surface area (Å²) in [5, 5.41) is 12.1. The quantitative estimate of drug-likeness (QED) is 0.368. The van der Waals surface area contributed by atoms with E-state index in [1.807, 2.05) is 54.6 Å². The highest BCUT2D eigenvalue weighted by atomic mass is 16.5. The maximum atomic E-state index is 12.8. The molecule has 0 bridgehead atoms. The van der Waals surface area contributed by atoms with Crippen LogP contribution in [0.2, 0.25) is 0 Å². The molecule has 1 heterocycles. The van der Waals surface area contributed by atoms with Crippen molar-refractivity contribution < 1.29 is 19.4 Å². The first-order valence-corrected chi connectivity index (χ1v) is 11.0. The fourth-order valence-corrected chi connectivity index (χ4v) is 4.47. The third-order valence-electron chi connectivity index (χ3n) is 6.07. The average molecular weight is 453 g/mol. The van der Waals surface area contributed by atoms with Gasteiger partial charge in [-0.2, -0.15) is 0 Å². The molecule has 0 radical (unpaired) electrons. The van der Waals surface area contributed by atoms with Crippen LogP contribution in [0.25, 0.3) is 11.1 Å². The van der Waals surface area contributed by atoms with Gasteiger partial charge in [-0.25, -0.2) is 14.6 Å². The van der Waals surface area contributed by atoms with Gasteiger partial charge in [0.2, 0.25) is 0 Å². The van der Waals surface area contributed by atoms with Gasteiger partial charge in [0, 0.05) is 12.3 Å². The predicted octanol–water partition coefficient (Wildman–Crippen LogP) is 4.93. The van der Waals surface area contributed by atoms with Crippen molar-refractivity contribution in [2.45, 2.75) is 18.4 Å². The Bertz CT molecular complexity index is 1290. The van der Waals surface area contributed by atoms with Gasteiger partial charge in [-0.1, -0.05) is 78.9 Å². The third kappa shape index (κ3) is 4.28. The van der Waals surface area contributed by atoms with Crippen molar-refractivity contribution in [2.75, 3.05) is 6.61 Å². The third-order valence-corrected chi connectivity index (χ3v) is 6.07. The molecule has 0 spiro atoms. The Morgan fingerprint density at radius 1 is 0.941 bits per heavy atom. The number of fused-ring (bicyclic) bond motifs is 3. The SMILES string of the molecule is O=C(N[C@@H](Cc1ccccc1)c1ncc(C(=O)O)[nH]1)OCC1c2ccccc2-c2ccccc21. The molecule has 34 heavy (non-hydrogen) atoms. The zero-order valence-corrected chi connectivity index (χ0v) is 18.3. The maximum absolute atomic E-state index is 12.8. The number of aromatic nitrogens is 2. The molecule has 3 N–H and O–H groups in total. The van der Waals surface area contributed by atoms with Gasteiger partial charge in [-0.3, -0.25) is 0 Å². The summed E-state index contributed by atoms with van der Waals surface area (Å²) in [7, 11) is 0. The fourth-order valence-electron chi connectivity index (χ4n) is 4.47. The van der Waals surface area contributed by atoms with Crippen LogP contribution in [0.5, 0.6) is 0 Å². The summed E-state index contributed by atoms with van der Waals surface area (Å²) >= 11 is 0. The van der Waals surface area contributed by atoms with Gasteiger partial charge in [-0.15, -0.1) is 0 Å². The highest BCUT2D eigenvalue weighted by Crippen LogP contribution is 2.44. The normalized spacial score (nSPS) is 13.1. The van der Waals surface area contributed by atoms with Gasteiger partial charge in [-0.05, 0) is 27.8 Å². The summed E-state index contributed by atoms with van der Waals surface area (Å²) in [6.45, 7) is 0.191. The zero-order chi connectivity index (χ0) is 23.5. The summed E-state index contributed by atoms with van der Waals surface area (Å²) in [6, 6.07) is 25.3. The minimum Gasteiger partial charge on any atom is -0.477 e. The van der Waals surface area contributed by atoms with Gasteiger partial charge in [0.05, 0.1) is 12.2 Å². The van der Waals surface area contributed by atoms with E-state index < -0.39 is 18.1 Å². The molecule has 0 saturated heterocycles. The molecule has 170 valence electrons. The monoisotopic (exact) mass is 453 g/mol. The maximum Gasteiger partial charge on any atom is 0.407 e. The van der Waals surface area contributed by atoms with Crippen molar-refractivity contribution in [1.82, 2.24) is 15.3 Å². The van der Waals surface area contributed by atoms with E-state index in [1.165, 1.54) is 6.20 Å². The highest BCUT2D eigenvalue weighted by molar-refractivity contribution is 5.85. The lowest BCUT2D eigenvalue weighted by atomic mass is 9.98. The molecule has 0 unspecified atom stereocenters. The Balaban J connectivity index is 1.32. The molecule has 0 fully saturated rings.